The van der Waals surface area contributed by atoms with Crippen molar-refractivity contribution in [3.8, 4) is 0 Å². The van der Waals surface area contributed by atoms with Gasteiger partial charge in [-0.1, -0.05) is 43.7 Å². The SMILES string of the molecule is CCCCNc1cc(N(C)Cc2ccccc2)nc(C)n1. The fourth-order valence-corrected chi connectivity index (χ4v) is 2.17. The number of aromatic nitrogens is 2. The van der Waals surface area contributed by atoms with Crippen LogP contribution in [0.15, 0.2) is 36.4 Å². The molecule has 0 radical (unpaired) electrons. The van der Waals surface area contributed by atoms with Crippen molar-refractivity contribution in [1.29, 1.82) is 0 Å². The van der Waals surface area contributed by atoms with E-state index in [1.165, 1.54) is 12.0 Å². The van der Waals surface area contributed by atoms with Gasteiger partial charge in [-0.3, -0.25) is 0 Å². The smallest absolute Gasteiger partial charge is 0.134 e. The number of hydrogen-bond acceptors (Lipinski definition) is 4. The summed E-state index contributed by atoms with van der Waals surface area (Å²) in [6, 6.07) is 12.4. The molecule has 21 heavy (non-hydrogen) atoms. The van der Waals surface area contributed by atoms with E-state index in [2.05, 4.69) is 58.4 Å². The predicted octanol–water partition coefficient (Wildman–Crippen LogP) is 3.63. The summed E-state index contributed by atoms with van der Waals surface area (Å²) < 4.78 is 0. The fourth-order valence-electron chi connectivity index (χ4n) is 2.17. The molecule has 0 spiro atoms. The highest BCUT2D eigenvalue weighted by atomic mass is 15.2. The molecule has 0 atom stereocenters. The molecule has 4 nitrogen and oxygen atoms in total. The van der Waals surface area contributed by atoms with Crippen molar-refractivity contribution < 1.29 is 0 Å². The molecule has 0 aliphatic carbocycles. The first-order valence-corrected chi connectivity index (χ1v) is 7.53. The van der Waals surface area contributed by atoms with Crippen molar-refractivity contribution in [1.82, 2.24) is 9.97 Å². The molecule has 0 bridgehead atoms. The second kappa shape index (κ2) is 7.62. The maximum absolute atomic E-state index is 4.53. The monoisotopic (exact) mass is 284 g/mol. The molecule has 0 aliphatic rings. The molecular weight excluding hydrogens is 260 g/mol. The van der Waals surface area contributed by atoms with Gasteiger partial charge in [-0.15, -0.1) is 0 Å². The van der Waals surface area contributed by atoms with Crippen LogP contribution >= 0.6 is 0 Å². The van der Waals surface area contributed by atoms with Gasteiger partial charge in [0.1, 0.15) is 17.5 Å². The Balaban J connectivity index is 2.07. The molecule has 0 aliphatic heterocycles. The maximum Gasteiger partial charge on any atom is 0.134 e. The zero-order valence-electron chi connectivity index (χ0n) is 13.1. The first-order chi connectivity index (χ1) is 10.2. The van der Waals surface area contributed by atoms with Gasteiger partial charge in [0.05, 0.1) is 0 Å². The Morgan fingerprint density at radius 1 is 1.14 bits per heavy atom. The molecule has 0 saturated heterocycles. The molecule has 2 rings (SSSR count). The van der Waals surface area contributed by atoms with Crippen LogP contribution < -0.4 is 10.2 Å². The Kier molecular flexibility index (Phi) is 5.55. The van der Waals surface area contributed by atoms with Gasteiger partial charge in [0.2, 0.25) is 0 Å². The van der Waals surface area contributed by atoms with Gasteiger partial charge in [0, 0.05) is 26.2 Å². The lowest BCUT2D eigenvalue weighted by Crippen LogP contribution is -2.19. The van der Waals surface area contributed by atoms with E-state index in [0.29, 0.717) is 0 Å². The van der Waals surface area contributed by atoms with E-state index in [0.717, 1.165) is 37.0 Å². The van der Waals surface area contributed by atoms with Crippen molar-refractivity contribution in [3.05, 3.63) is 47.8 Å². The van der Waals surface area contributed by atoms with Crippen LogP contribution in [0.3, 0.4) is 0 Å². The van der Waals surface area contributed by atoms with E-state index < -0.39 is 0 Å². The molecule has 0 unspecified atom stereocenters. The molecular formula is C17H24N4. The lowest BCUT2D eigenvalue weighted by molar-refractivity contribution is 0.826. The number of unbranched alkanes of at least 4 members (excludes halogenated alkanes) is 1. The second-order valence-corrected chi connectivity index (χ2v) is 5.28. The number of aryl methyl sites for hydroxylation is 1. The van der Waals surface area contributed by atoms with E-state index in [4.69, 9.17) is 0 Å². The standard InChI is InChI=1S/C17H24N4/c1-4-5-11-18-16-12-17(20-14(2)19-16)21(3)13-15-9-7-6-8-10-15/h6-10,12H,4-5,11,13H2,1-3H3,(H,18,19,20). The van der Waals surface area contributed by atoms with Gasteiger partial charge < -0.3 is 10.2 Å². The van der Waals surface area contributed by atoms with Gasteiger partial charge in [-0.25, -0.2) is 9.97 Å². The number of nitrogens with one attached hydrogen (secondary N) is 1. The van der Waals surface area contributed by atoms with E-state index >= 15 is 0 Å². The summed E-state index contributed by atoms with van der Waals surface area (Å²) >= 11 is 0. The summed E-state index contributed by atoms with van der Waals surface area (Å²) in [6.07, 6.45) is 2.33. The Bertz CT molecular complexity index is 554. The fraction of sp³-hybridized carbons (Fsp3) is 0.412. The summed E-state index contributed by atoms with van der Waals surface area (Å²) in [5.74, 6) is 2.66. The molecule has 1 heterocycles. The largest absolute Gasteiger partial charge is 0.370 e. The van der Waals surface area contributed by atoms with Crippen molar-refractivity contribution in [3.63, 3.8) is 0 Å². The van der Waals surface area contributed by atoms with E-state index in [9.17, 15) is 0 Å². The Morgan fingerprint density at radius 3 is 2.62 bits per heavy atom. The molecule has 112 valence electrons. The van der Waals surface area contributed by atoms with Crippen molar-refractivity contribution in [2.24, 2.45) is 0 Å². The van der Waals surface area contributed by atoms with Gasteiger partial charge in [0.25, 0.3) is 0 Å². The third-order valence-corrected chi connectivity index (χ3v) is 3.31. The van der Waals surface area contributed by atoms with Crippen molar-refractivity contribution in [2.75, 3.05) is 23.8 Å². The average molecular weight is 284 g/mol. The Hall–Kier alpha value is -2.10. The molecule has 2 aromatic rings. The Labute approximate surface area is 127 Å². The van der Waals surface area contributed by atoms with Crippen LogP contribution in [0.4, 0.5) is 11.6 Å². The normalized spacial score (nSPS) is 10.4. The maximum atomic E-state index is 4.53. The minimum absolute atomic E-state index is 0.798. The molecule has 1 N–H and O–H groups in total. The summed E-state index contributed by atoms with van der Waals surface area (Å²) in [5.41, 5.74) is 1.27. The van der Waals surface area contributed by atoms with Crippen molar-refractivity contribution in [2.45, 2.75) is 33.2 Å². The zero-order chi connectivity index (χ0) is 15.1. The second-order valence-electron chi connectivity index (χ2n) is 5.28. The lowest BCUT2D eigenvalue weighted by atomic mass is 10.2. The Morgan fingerprint density at radius 2 is 1.90 bits per heavy atom. The van der Waals surface area contributed by atoms with Crippen LogP contribution in [-0.4, -0.2) is 23.6 Å². The summed E-state index contributed by atoms with van der Waals surface area (Å²) in [6.45, 7) is 5.91. The lowest BCUT2D eigenvalue weighted by Gasteiger charge is -2.19. The van der Waals surface area contributed by atoms with Crippen LogP contribution in [0.1, 0.15) is 31.2 Å². The van der Waals surface area contributed by atoms with Crippen LogP contribution in [0.2, 0.25) is 0 Å². The molecule has 1 aromatic heterocycles. The zero-order valence-corrected chi connectivity index (χ0v) is 13.1. The number of nitrogens with zero attached hydrogens (tertiary/aromatic N) is 3. The van der Waals surface area contributed by atoms with Gasteiger partial charge >= 0.3 is 0 Å². The average Bonchev–Trinajstić information content (AvgIpc) is 2.48. The number of rotatable bonds is 7. The van der Waals surface area contributed by atoms with Crippen LogP contribution in [0, 0.1) is 6.92 Å². The quantitative estimate of drug-likeness (QED) is 0.788. The van der Waals surface area contributed by atoms with E-state index in [1.807, 2.05) is 19.1 Å². The highest BCUT2D eigenvalue weighted by molar-refractivity contribution is 5.49. The highest BCUT2D eigenvalue weighted by Gasteiger charge is 2.07. The number of anilines is 2. The topological polar surface area (TPSA) is 41.0 Å². The molecule has 4 heteroatoms. The minimum atomic E-state index is 0.798. The number of benzene rings is 1. The van der Waals surface area contributed by atoms with E-state index in [1.54, 1.807) is 0 Å². The van der Waals surface area contributed by atoms with Crippen LogP contribution in [0.5, 0.6) is 0 Å². The van der Waals surface area contributed by atoms with Gasteiger partial charge in [-0.05, 0) is 18.9 Å². The first-order valence-electron chi connectivity index (χ1n) is 7.53. The summed E-state index contributed by atoms with van der Waals surface area (Å²) in [4.78, 5) is 11.1. The molecule has 0 amide bonds. The summed E-state index contributed by atoms with van der Waals surface area (Å²) in [7, 11) is 2.06. The van der Waals surface area contributed by atoms with Crippen molar-refractivity contribution >= 4 is 11.6 Å². The van der Waals surface area contributed by atoms with E-state index in [-0.39, 0.29) is 0 Å². The summed E-state index contributed by atoms with van der Waals surface area (Å²) in [5, 5.41) is 3.37. The number of hydrogen-bond donors (Lipinski definition) is 1. The molecule has 0 saturated carbocycles. The van der Waals surface area contributed by atoms with Gasteiger partial charge in [0.15, 0.2) is 0 Å². The van der Waals surface area contributed by atoms with Gasteiger partial charge in [-0.2, -0.15) is 0 Å². The third-order valence-electron chi connectivity index (χ3n) is 3.31. The third kappa shape index (κ3) is 4.74. The molecule has 0 fully saturated rings. The highest BCUT2D eigenvalue weighted by Crippen LogP contribution is 2.17. The molecule has 1 aromatic carbocycles. The first kappa shape index (κ1) is 15.3. The predicted molar refractivity (Wildman–Crippen MR) is 88.7 cm³/mol. The van der Waals surface area contributed by atoms with Crippen LogP contribution in [-0.2, 0) is 6.54 Å². The minimum Gasteiger partial charge on any atom is -0.370 e. The van der Waals surface area contributed by atoms with Crippen LogP contribution in [0.25, 0.3) is 0 Å².